The summed E-state index contributed by atoms with van der Waals surface area (Å²) in [5.74, 6) is -10.1. The van der Waals surface area contributed by atoms with Gasteiger partial charge in [0.1, 0.15) is 0 Å². The summed E-state index contributed by atoms with van der Waals surface area (Å²) in [6.45, 7) is 1.37. The number of nitrogens with zero attached hydrogens (tertiary/aromatic N) is 2. The number of anilines is 1. The standard InChI is InChI=1S/C25H29N3O7/c1-10(29)11-6-14-13(16(9-11)27(2)3)7-12-8-15-19(28(4)5)21(31)18(24(26)34)23(33)25(15,35)22(32)17(12)20(14)30/h6,9,12,15,17-19,35H,7-8H2,1-5H3,(H2,26,34)/t12?,15?,17?,18?,19?,25-/m0/s1. The van der Waals surface area contributed by atoms with Crippen LogP contribution in [0.4, 0.5) is 5.69 Å². The van der Waals surface area contributed by atoms with E-state index in [0.717, 1.165) is 0 Å². The summed E-state index contributed by atoms with van der Waals surface area (Å²) >= 11 is 0. The number of Topliss-reactive ketones (excluding diaryl/α,β-unsaturated/α-hetero) is 5. The Morgan fingerprint density at radius 1 is 1.06 bits per heavy atom. The highest BCUT2D eigenvalue weighted by molar-refractivity contribution is 6.32. The van der Waals surface area contributed by atoms with Crippen molar-refractivity contribution in [2.24, 2.45) is 29.4 Å². The molecule has 0 saturated heterocycles. The molecular formula is C25H29N3O7. The lowest BCUT2D eigenvalue weighted by molar-refractivity contribution is -0.181. The number of aliphatic hydroxyl groups is 1. The van der Waals surface area contributed by atoms with E-state index < -0.39 is 64.4 Å². The van der Waals surface area contributed by atoms with Crippen LogP contribution < -0.4 is 10.6 Å². The highest BCUT2D eigenvalue weighted by atomic mass is 16.3. The van der Waals surface area contributed by atoms with Crippen molar-refractivity contribution in [3.05, 3.63) is 28.8 Å². The Labute approximate surface area is 202 Å². The van der Waals surface area contributed by atoms with Gasteiger partial charge in [-0.1, -0.05) is 0 Å². The molecular weight excluding hydrogens is 454 g/mol. The zero-order chi connectivity index (χ0) is 26.1. The van der Waals surface area contributed by atoms with Crippen LogP contribution in [0.1, 0.15) is 39.6 Å². The van der Waals surface area contributed by atoms with Crippen LogP contribution >= 0.6 is 0 Å². The van der Waals surface area contributed by atoms with Crippen LogP contribution in [-0.2, 0) is 25.6 Å². The number of amides is 1. The summed E-state index contributed by atoms with van der Waals surface area (Å²) in [6, 6.07) is 2.04. The molecule has 0 aliphatic heterocycles. The van der Waals surface area contributed by atoms with Gasteiger partial charge in [-0.3, -0.25) is 33.7 Å². The first-order valence-corrected chi connectivity index (χ1v) is 11.4. The van der Waals surface area contributed by atoms with Crippen molar-refractivity contribution in [1.82, 2.24) is 4.90 Å². The predicted octanol–water partition coefficient (Wildman–Crippen LogP) is -0.570. The molecule has 0 bridgehead atoms. The monoisotopic (exact) mass is 483 g/mol. The van der Waals surface area contributed by atoms with E-state index in [1.807, 2.05) is 0 Å². The molecule has 2 fully saturated rings. The molecule has 186 valence electrons. The molecule has 0 spiro atoms. The normalized spacial score (nSPS) is 32.1. The number of primary amides is 1. The fourth-order valence-corrected chi connectivity index (χ4v) is 6.19. The minimum atomic E-state index is -2.70. The second-order valence-electron chi connectivity index (χ2n) is 10.3. The molecule has 1 aromatic rings. The molecule has 1 amide bonds. The Bertz CT molecular complexity index is 1200. The third-order valence-electron chi connectivity index (χ3n) is 7.79. The predicted molar refractivity (Wildman–Crippen MR) is 124 cm³/mol. The van der Waals surface area contributed by atoms with Crippen molar-refractivity contribution in [3.8, 4) is 0 Å². The zero-order valence-corrected chi connectivity index (χ0v) is 20.3. The van der Waals surface area contributed by atoms with E-state index >= 15 is 0 Å². The van der Waals surface area contributed by atoms with Crippen molar-refractivity contribution in [3.63, 3.8) is 0 Å². The lowest BCUT2D eigenvalue weighted by Crippen LogP contribution is -2.74. The number of fused-ring (bicyclic) bond motifs is 3. The molecule has 0 aromatic heterocycles. The number of carbonyl (C=O) groups excluding carboxylic acids is 6. The molecule has 4 rings (SSSR count). The van der Waals surface area contributed by atoms with Gasteiger partial charge in [0.2, 0.25) is 5.91 Å². The number of hydrogen-bond donors (Lipinski definition) is 2. The van der Waals surface area contributed by atoms with Gasteiger partial charge in [-0.2, -0.15) is 0 Å². The fourth-order valence-electron chi connectivity index (χ4n) is 6.19. The first-order valence-electron chi connectivity index (χ1n) is 11.4. The van der Waals surface area contributed by atoms with Crippen LogP contribution in [0, 0.1) is 23.7 Å². The summed E-state index contributed by atoms with van der Waals surface area (Å²) in [5, 5.41) is 11.6. The fraction of sp³-hybridized carbons (Fsp3) is 0.520. The molecule has 3 N–H and O–H groups in total. The highest BCUT2D eigenvalue weighted by Crippen LogP contribution is 2.50. The minimum absolute atomic E-state index is 0.0468. The van der Waals surface area contributed by atoms with E-state index in [0.29, 0.717) is 16.8 Å². The van der Waals surface area contributed by atoms with Crippen molar-refractivity contribution in [2.45, 2.75) is 31.4 Å². The van der Waals surface area contributed by atoms with Gasteiger partial charge < -0.3 is 15.7 Å². The average molecular weight is 484 g/mol. The van der Waals surface area contributed by atoms with E-state index in [2.05, 4.69) is 0 Å². The molecule has 10 heteroatoms. The number of likely N-dealkylation sites (N-methyl/N-ethyl adjacent to an activating group) is 1. The van der Waals surface area contributed by atoms with Crippen LogP contribution in [-0.4, -0.2) is 84.7 Å². The third-order valence-corrected chi connectivity index (χ3v) is 7.79. The quantitative estimate of drug-likeness (QED) is 0.423. The molecule has 35 heavy (non-hydrogen) atoms. The molecule has 0 heterocycles. The van der Waals surface area contributed by atoms with Gasteiger partial charge in [-0.05, 0) is 57.5 Å². The van der Waals surface area contributed by atoms with E-state index in [9.17, 15) is 33.9 Å². The largest absolute Gasteiger partial charge is 0.377 e. The average Bonchev–Trinajstić information content (AvgIpc) is 2.75. The summed E-state index contributed by atoms with van der Waals surface area (Å²) in [6.07, 6.45) is 0.336. The Morgan fingerprint density at radius 2 is 1.69 bits per heavy atom. The highest BCUT2D eigenvalue weighted by Gasteiger charge is 2.69. The topological polar surface area (TPSA) is 155 Å². The first kappa shape index (κ1) is 24.9. The zero-order valence-electron chi connectivity index (χ0n) is 20.3. The maximum atomic E-state index is 13.8. The molecule has 3 aliphatic rings. The lowest BCUT2D eigenvalue weighted by atomic mass is 9.52. The molecule has 10 nitrogen and oxygen atoms in total. The van der Waals surface area contributed by atoms with Crippen LogP contribution in [0.3, 0.4) is 0 Å². The van der Waals surface area contributed by atoms with Crippen molar-refractivity contribution in [1.29, 1.82) is 0 Å². The van der Waals surface area contributed by atoms with E-state index in [1.165, 1.54) is 17.9 Å². The Morgan fingerprint density at radius 3 is 2.20 bits per heavy atom. The van der Waals surface area contributed by atoms with Crippen molar-refractivity contribution >= 4 is 40.5 Å². The van der Waals surface area contributed by atoms with Gasteiger partial charge in [-0.15, -0.1) is 0 Å². The minimum Gasteiger partial charge on any atom is -0.377 e. The maximum Gasteiger partial charge on any atom is 0.235 e. The summed E-state index contributed by atoms with van der Waals surface area (Å²) in [4.78, 5) is 81.2. The number of benzene rings is 1. The number of hydrogen-bond acceptors (Lipinski definition) is 9. The van der Waals surface area contributed by atoms with E-state index in [4.69, 9.17) is 5.73 Å². The van der Waals surface area contributed by atoms with Gasteiger partial charge in [0, 0.05) is 36.8 Å². The smallest absolute Gasteiger partial charge is 0.235 e. The van der Waals surface area contributed by atoms with Gasteiger partial charge in [0.15, 0.2) is 40.4 Å². The Balaban J connectivity index is 1.89. The maximum absolute atomic E-state index is 13.8. The van der Waals surface area contributed by atoms with Crippen LogP contribution in [0.5, 0.6) is 0 Å². The molecule has 2 saturated carbocycles. The second-order valence-corrected chi connectivity index (χ2v) is 10.3. The van der Waals surface area contributed by atoms with Crippen LogP contribution in [0.2, 0.25) is 0 Å². The number of nitrogens with two attached hydrogens (primary N) is 1. The van der Waals surface area contributed by atoms with Crippen LogP contribution in [0.25, 0.3) is 0 Å². The van der Waals surface area contributed by atoms with Crippen molar-refractivity contribution < 1.29 is 33.9 Å². The Kier molecular flexibility index (Phi) is 5.80. The lowest BCUT2D eigenvalue weighted by Gasteiger charge is -2.52. The van der Waals surface area contributed by atoms with Crippen molar-refractivity contribution in [2.75, 3.05) is 33.1 Å². The summed E-state index contributed by atoms with van der Waals surface area (Å²) in [7, 11) is 6.68. The number of ketones is 5. The van der Waals surface area contributed by atoms with Gasteiger partial charge >= 0.3 is 0 Å². The van der Waals surface area contributed by atoms with Gasteiger partial charge in [0.25, 0.3) is 0 Å². The summed E-state index contributed by atoms with van der Waals surface area (Å²) in [5.41, 5.74) is 4.48. The van der Waals surface area contributed by atoms with E-state index in [-0.39, 0.29) is 24.2 Å². The number of rotatable bonds is 4. The van der Waals surface area contributed by atoms with Crippen LogP contribution in [0.15, 0.2) is 12.1 Å². The molecule has 5 unspecified atom stereocenters. The number of carbonyl (C=O) groups is 6. The molecule has 1 aromatic carbocycles. The molecule has 0 radical (unpaired) electrons. The van der Waals surface area contributed by atoms with E-state index in [1.54, 1.807) is 39.2 Å². The first-order chi connectivity index (χ1) is 16.2. The van der Waals surface area contributed by atoms with Gasteiger partial charge in [0.05, 0.1) is 12.0 Å². The van der Waals surface area contributed by atoms with Gasteiger partial charge in [-0.25, -0.2) is 0 Å². The molecule has 6 atom stereocenters. The summed E-state index contributed by atoms with van der Waals surface area (Å²) < 4.78 is 0. The Hall–Kier alpha value is -3.24. The second kappa shape index (κ2) is 8.17. The molecule has 3 aliphatic carbocycles. The SMILES string of the molecule is CC(=O)c1cc2c(c(N(C)C)c1)CC1CC3C(N(C)C)C(=O)C(C(N)=O)C(=O)[C@@]3(O)C(=O)C1C2=O. The third kappa shape index (κ3) is 3.38.